The number of primary amides is 1. The number of pyridine rings is 1. The lowest BCUT2D eigenvalue weighted by Gasteiger charge is -1.96. The van der Waals surface area contributed by atoms with Gasteiger partial charge in [-0.3, -0.25) is 4.79 Å². The van der Waals surface area contributed by atoms with E-state index in [1.165, 1.54) is 18.3 Å². The quantitative estimate of drug-likeness (QED) is 0.545. The van der Waals surface area contributed by atoms with Crippen molar-refractivity contribution < 1.29 is 9.18 Å². The predicted molar refractivity (Wildman–Crippen MR) is 47.2 cm³/mol. The molecule has 68 valence electrons. The topological polar surface area (TPSA) is 56.0 Å². The van der Waals surface area contributed by atoms with Gasteiger partial charge in [-0.1, -0.05) is 0 Å². The molecule has 3 nitrogen and oxygen atoms in total. The third-order valence-corrected chi connectivity index (χ3v) is 1.48. The summed E-state index contributed by atoms with van der Waals surface area (Å²) in [6.07, 6.45) is 4.03. The van der Waals surface area contributed by atoms with E-state index in [9.17, 15) is 9.18 Å². The summed E-state index contributed by atoms with van der Waals surface area (Å²) in [5.74, 6) is -1.04. The molecule has 0 aliphatic heterocycles. The number of halogens is 1. The van der Waals surface area contributed by atoms with Gasteiger partial charge in [-0.15, -0.1) is 0 Å². The minimum absolute atomic E-state index is 0.437. The number of nitrogens with zero attached hydrogens (tertiary/aromatic N) is 1. The average molecular weight is 180 g/mol. The smallest absolute Gasteiger partial charge is 0.241 e. The largest absolute Gasteiger partial charge is 0.366 e. The van der Waals surface area contributed by atoms with Gasteiger partial charge in [0.1, 0.15) is 0 Å². The Labute approximate surface area is 75.1 Å². The van der Waals surface area contributed by atoms with Crippen LogP contribution in [0.3, 0.4) is 0 Å². The molecular weight excluding hydrogens is 171 g/mol. The van der Waals surface area contributed by atoms with Crippen molar-refractivity contribution in [3.63, 3.8) is 0 Å². The summed E-state index contributed by atoms with van der Waals surface area (Å²) in [6.45, 7) is 1.60. The van der Waals surface area contributed by atoms with Crippen molar-refractivity contribution in [2.24, 2.45) is 5.73 Å². The van der Waals surface area contributed by atoms with Crippen molar-refractivity contribution in [3.8, 4) is 0 Å². The molecule has 1 rings (SSSR count). The molecule has 0 saturated carbocycles. The second-order valence-corrected chi connectivity index (χ2v) is 2.61. The Balaban J connectivity index is 2.92. The highest BCUT2D eigenvalue weighted by Crippen LogP contribution is 2.06. The minimum Gasteiger partial charge on any atom is -0.366 e. The van der Waals surface area contributed by atoms with Crippen LogP contribution in [0.4, 0.5) is 4.39 Å². The molecule has 1 aromatic heterocycles. The van der Waals surface area contributed by atoms with E-state index >= 15 is 0 Å². The zero-order valence-electron chi connectivity index (χ0n) is 7.12. The molecule has 0 radical (unpaired) electrons. The minimum atomic E-state index is -0.540. The number of rotatable bonds is 2. The number of hydrogen-bond acceptors (Lipinski definition) is 2. The van der Waals surface area contributed by atoms with E-state index in [1.54, 1.807) is 13.0 Å². The number of aryl methyl sites for hydroxylation is 1. The summed E-state index contributed by atoms with van der Waals surface area (Å²) in [7, 11) is 0. The molecule has 0 aliphatic rings. The molecular formula is C9H9FN2O. The van der Waals surface area contributed by atoms with Crippen LogP contribution < -0.4 is 5.73 Å². The fourth-order valence-corrected chi connectivity index (χ4v) is 0.849. The van der Waals surface area contributed by atoms with Crippen molar-refractivity contribution in [3.05, 3.63) is 35.4 Å². The lowest BCUT2D eigenvalue weighted by molar-refractivity contribution is -0.113. The van der Waals surface area contributed by atoms with Crippen LogP contribution in [0.5, 0.6) is 0 Å². The second kappa shape index (κ2) is 3.80. The van der Waals surface area contributed by atoms with Crippen LogP contribution in [0, 0.1) is 12.9 Å². The van der Waals surface area contributed by atoms with E-state index in [1.807, 2.05) is 0 Å². The predicted octanol–water partition coefficient (Wildman–Crippen LogP) is 1.03. The number of aromatic nitrogens is 1. The average Bonchev–Trinajstić information content (AvgIpc) is 2.07. The third-order valence-electron chi connectivity index (χ3n) is 1.48. The van der Waals surface area contributed by atoms with Gasteiger partial charge in [-0.05, 0) is 24.6 Å². The highest BCUT2D eigenvalue weighted by atomic mass is 19.1. The van der Waals surface area contributed by atoms with Gasteiger partial charge < -0.3 is 5.73 Å². The molecule has 0 aliphatic carbocycles. The second-order valence-electron chi connectivity index (χ2n) is 2.61. The van der Waals surface area contributed by atoms with Gasteiger partial charge in [0.15, 0.2) is 0 Å². The molecule has 1 aromatic rings. The van der Waals surface area contributed by atoms with Crippen molar-refractivity contribution in [1.29, 1.82) is 0 Å². The summed E-state index contributed by atoms with van der Waals surface area (Å²) in [5, 5.41) is 0. The van der Waals surface area contributed by atoms with E-state index in [0.29, 0.717) is 11.1 Å². The number of hydrogen-bond donors (Lipinski definition) is 1. The van der Waals surface area contributed by atoms with E-state index < -0.39 is 11.9 Å². The van der Waals surface area contributed by atoms with Crippen LogP contribution >= 0.6 is 0 Å². The number of nitrogens with two attached hydrogens (primary N) is 1. The van der Waals surface area contributed by atoms with Crippen LogP contribution in [0.2, 0.25) is 0 Å². The maximum Gasteiger partial charge on any atom is 0.241 e. The van der Waals surface area contributed by atoms with Crippen molar-refractivity contribution in [2.45, 2.75) is 6.92 Å². The molecule has 0 saturated heterocycles. The van der Waals surface area contributed by atoms with Crippen molar-refractivity contribution in [2.75, 3.05) is 0 Å². The first kappa shape index (κ1) is 9.38. The maximum atomic E-state index is 12.7. The Kier molecular flexibility index (Phi) is 2.74. The molecule has 13 heavy (non-hydrogen) atoms. The van der Waals surface area contributed by atoms with Gasteiger partial charge in [0.2, 0.25) is 11.9 Å². The van der Waals surface area contributed by atoms with E-state index in [0.717, 1.165) is 0 Å². The highest BCUT2D eigenvalue weighted by Gasteiger charge is 1.97. The zero-order chi connectivity index (χ0) is 9.84. The molecule has 0 spiro atoms. The first-order chi connectivity index (χ1) is 6.09. The normalized spacial score (nSPS) is 10.6. The zero-order valence-corrected chi connectivity index (χ0v) is 7.12. The first-order valence-electron chi connectivity index (χ1n) is 3.69. The Morgan fingerprint density at radius 2 is 2.38 bits per heavy atom. The van der Waals surface area contributed by atoms with Gasteiger partial charge in [0.05, 0.1) is 0 Å². The number of carbonyl (C=O) groups excluding carboxylic acids is 1. The molecule has 0 unspecified atom stereocenters. The van der Waals surface area contributed by atoms with Crippen molar-refractivity contribution in [1.82, 2.24) is 4.98 Å². The summed E-state index contributed by atoms with van der Waals surface area (Å²) in [4.78, 5) is 13.9. The van der Waals surface area contributed by atoms with Crippen LogP contribution in [0.15, 0.2) is 18.3 Å². The summed E-state index contributed by atoms with van der Waals surface area (Å²) in [6, 6.07) is 1.59. The van der Waals surface area contributed by atoms with E-state index in [4.69, 9.17) is 5.73 Å². The monoisotopic (exact) mass is 180 g/mol. The van der Waals surface area contributed by atoms with Gasteiger partial charge in [0.25, 0.3) is 0 Å². The highest BCUT2D eigenvalue weighted by molar-refractivity contribution is 5.90. The molecule has 0 fully saturated rings. The molecule has 0 atom stereocenters. The third kappa shape index (κ3) is 2.66. The van der Waals surface area contributed by atoms with E-state index in [-0.39, 0.29) is 0 Å². The summed E-state index contributed by atoms with van der Waals surface area (Å²) < 4.78 is 12.7. The van der Waals surface area contributed by atoms with Crippen LogP contribution in [0.1, 0.15) is 11.1 Å². The van der Waals surface area contributed by atoms with E-state index in [2.05, 4.69) is 4.98 Å². The Morgan fingerprint density at radius 1 is 1.69 bits per heavy atom. The van der Waals surface area contributed by atoms with Crippen LogP contribution in [-0.4, -0.2) is 10.9 Å². The fourth-order valence-electron chi connectivity index (χ4n) is 0.849. The Morgan fingerprint density at radius 3 is 2.92 bits per heavy atom. The fraction of sp³-hybridized carbons (Fsp3) is 0.111. The molecule has 0 bridgehead atoms. The Bertz CT molecular complexity index is 361. The Hall–Kier alpha value is -1.71. The van der Waals surface area contributed by atoms with Gasteiger partial charge in [-0.2, -0.15) is 4.39 Å². The molecule has 1 amide bonds. The molecule has 4 heteroatoms. The SMILES string of the molecule is Cc1cc(C=CC(N)=O)cnc1F. The first-order valence-corrected chi connectivity index (χ1v) is 3.69. The maximum absolute atomic E-state index is 12.7. The summed E-state index contributed by atoms with van der Waals surface area (Å²) >= 11 is 0. The molecule has 2 N–H and O–H groups in total. The molecule has 0 aromatic carbocycles. The van der Waals surface area contributed by atoms with Gasteiger partial charge >= 0.3 is 0 Å². The standard InChI is InChI=1S/C9H9FN2O/c1-6-4-7(2-3-8(11)13)5-12-9(6)10/h2-5H,1H3,(H2,11,13). The van der Waals surface area contributed by atoms with Crippen LogP contribution in [0.25, 0.3) is 6.08 Å². The summed E-state index contributed by atoms with van der Waals surface area (Å²) in [5.41, 5.74) is 5.98. The van der Waals surface area contributed by atoms with Gasteiger partial charge in [-0.25, -0.2) is 4.98 Å². The van der Waals surface area contributed by atoms with Gasteiger partial charge in [0, 0.05) is 17.8 Å². The lowest BCUT2D eigenvalue weighted by atomic mass is 10.2. The number of amides is 1. The molecule has 1 heterocycles. The van der Waals surface area contributed by atoms with Crippen LogP contribution in [-0.2, 0) is 4.79 Å². The number of carbonyl (C=O) groups is 1. The lowest BCUT2D eigenvalue weighted by Crippen LogP contribution is -2.05. The van der Waals surface area contributed by atoms with Crippen molar-refractivity contribution >= 4 is 12.0 Å².